The first-order valence-corrected chi connectivity index (χ1v) is 15.9. The molecule has 0 spiro atoms. The molecular weight excluding hydrogens is 408 g/mol. The minimum atomic E-state index is -1.05. The number of benzene rings is 2. The van der Waals surface area contributed by atoms with Gasteiger partial charge >= 0.3 is 0 Å². The Morgan fingerprint density at radius 3 is 2.16 bits per heavy atom. The number of nitrogens with zero attached hydrogens (tertiary/aromatic N) is 2. The highest BCUT2D eigenvalue weighted by molar-refractivity contribution is 6.76. The van der Waals surface area contributed by atoms with Crippen LogP contribution in [0.2, 0.25) is 25.7 Å². The third-order valence-corrected chi connectivity index (χ3v) is 8.41. The zero-order valence-corrected chi connectivity index (χ0v) is 20.9. The molecule has 2 aromatic carbocycles. The molecule has 3 atom stereocenters. The van der Waals surface area contributed by atoms with Crippen LogP contribution < -0.4 is 0 Å². The van der Waals surface area contributed by atoms with Gasteiger partial charge in [0.15, 0.2) is 0 Å². The smallest absolute Gasteiger partial charge is 0.240 e. The maximum absolute atomic E-state index is 13.7. The second-order valence-corrected chi connectivity index (χ2v) is 16.3. The molecule has 2 aliphatic rings. The molecule has 0 saturated carbocycles. The summed E-state index contributed by atoms with van der Waals surface area (Å²) in [6.45, 7) is 10.8. The highest BCUT2D eigenvalue weighted by atomic mass is 28.3. The molecule has 3 nitrogen and oxygen atoms in total. The lowest BCUT2D eigenvalue weighted by molar-refractivity contribution is -0.141. The van der Waals surface area contributed by atoms with E-state index in [0.29, 0.717) is 17.7 Å². The summed E-state index contributed by atoms with van der Waals surface area (Å²) in [5.41, 5.74) is 2.52. The van der Waals surface area contributed by atoms with Crippen LogP contribution in [0.25, 0.3) is 0 Å². The molecule has 0 N–H and O–H groups in total. The van der Waals surface area contributed by atoms with Gasteiger partial charge in [-0.2, -0.15) is 0 Å². The van der Waals surface area contributed by atoms with Gasteiger partial charge in [0.2, 0.25) is 5.91 Å². The molecule has 0 aliphatic carbocycles. The Bertz CT molecular complexity index is 906. The number of amides is 1. The molecule has 0 aromatic heterocycles. The van der Waals surface area contributed by atoms with E-state index in [9.17, 15) is 4.79 Å². The van der Waals surface area contributed by atoms with Crippen LogP contribution >= 0.6 is 0 Å². The summed E-state index contributed by atoms with van der Waals surface area (Å²) in [6.07, 6.45) is 7.03. The molecule has 32 heavy (non-hydrogen) atoms. The fourth-order valence-electron chi connectivity index (χ4n) is 5.31. The maximum atomic E-state index is 13.7. The van der Waals surface area contributed by atoms with E-state index in [2.05, 4.69) is 96.2 Å². The van der Waals surface area contributed by atoms with Gasteiger partial charge in [-0.15, -0.1) is 0 Å². The Morgan fingerprint density at radius 1 is 0.906 bits per heavy atom. The number of allylic oxidation sites excluding steroid dienone is 2. The maximum Gasteiger partial charge on any atom is 0.240 e. The van der Waals surface area contributed by atoms with Crippen molar-refractivity contribution in [2.75, 3.05) is 13.1 Å². The van der Waals surface area contributed by atoms with E-state index in [1.807, 2.05) is 6.07 Å². The SMILES string of the molecule is C[Si](C)(C)C/C=C/C[C@@H]1CN(Cc2ccccc2)[C@@H]2C(=O)N(Cc3ccccc3)CC[C@H]12. The predicted octanol–water partition coefficient (Wildman–Crippen LogP) is 5.82. The lowest BCUT2D eigenvalue weighted by Gasteiger charge is -2.38. The number of likely N-dealkylation sites (tertiary alicyclic amines) is 2. The summed E-state index contributed by atoms with van der Waals surface area (Å²) < 4.78 is 0. The number of carbonyl (C=O) groups is 1. The average Bonchev–Trinajstić information content (AvgIpc) is 3.12. The summed E-state index contributed by atoms with van der Waals surface area (Å²) >= 11 is 0. The lowest BCUT2D eigenvalue weighted by Crippen LogP contribution is -2.52. The predicted molar refractivity (Wildman–Crippen MR) is 136 cm³/mol. The molecule has 4 rings (SSSR count). The van der Waals surface area contributed by atoms with E-state index >= 15 is 0 Å². The molecule has 2 saturated heterocycles. The van der Waals surface area contributed by atoms with E-state index < -0.39 is 8.07 Å². The summed E-state index contributed by atoms with van der Waals surface area (Å²) in [7, 11) is -1.05. The van der Waals surface area contributed by atoms with Crippen molar-refractivity contribution in [1.29, 1.82) is 0 Å². The van der Waals surface area contributed by atoms with Gasteiger partial charge in [-0.25, -0.2) is 0 Å². The van der Waals surface area contributed by atoms with Crippen molar-refractivity contribution in [3.8, 4) is 0 Å². The quantitative estimate of drug-likeness (QED) is 0.377. The van der Waals surface area contributed by atoms with Crippen LogP contribution in [-0.2, 0) is 17.9 Å². The summed E-state index contributed by atoms with van der Waals surface area (Å²) in [5, 5.41) is 0. The van der Waals surface area contributed by atoms with E-state index in [-0.39, 0.29) is 6.04 Å². The van der Waals surface area contributed by atoms with E-state index in [0.717, 1.165) is 39.0 Å². The van der Waals surface area contributed by atoms with Crippen LogP contribution in [-0.4, -0.2) is 42.9 Å². The number of hydrogen-bond acceptors (Lipinski definition) is 2. The first kappa shape index (κ1) is 23.0. The Labute approximate surface area is 195 Å². The third kappa shape index (κ3) is 5.79. The van der Waals surface area contributed by atoms with Crippen molar-refractivity contribution >= 4 is 14.0 Å². The molecule has 2 aromatic rings. The Morgan fingerprint density at radius 2 is 1.53 bits per heavy atom. The molecule has 2 heterocycles. The van der Waals surface area contributed by atoms with Gasteiger partial charge in [0.1, 0.15) is 0 Å². The van der Waals surface area contributed by atoms with Crippen molar-refractivity contribution in [1.82, 2.24) is 9.80 Å². The van der Waals surface area contributed by atoms with Gasteiger partial charge < -0.3 is 4.90 Å². The van der Waals surface area contributed by atoms with Crippen molar-refractivity contribution in [2.45, 2.75) is 57.7 Å². The Kier molecular flexibility index (Phi) is 7.32. The average molecular weight is 447 g/mol. The number of carbonyl (C=O) groups excluding carboxylic acids is 1. The normalized spacial score (nSPS) is 24.3. The van der Waals surface area contributed by atoms with Gasteiger partial charge in [0, 0.05) is 34.3 Å². The Hall–Kier alpha value is -2.17. The third-order valence-electron chi connectivity index (χ3n) is 6.95. The van der Waals surface area contributed by atoms with Gasteiger partial charge in [0.25, 0.3) is 0 Å². The minimum absolute atomic E-state index is 0.0167. The van der Waals surface area contributed by atoms with E-state index in [1.54, 1.807) is 0 Å². The highest BCUT2D eigenvalue weighted by Gasteiger charge is 2.48. The summed E-state index contributed by atoms with van der Waals surface area (Å²) in [6, 6.07) is 22.3. The Balaban J connectivity index is 1.49. The first-order chi connectivity index (χ1) is 15.4. The minimum Gasteiger partial charge on any atom is -0.337 e. The summed E-state index contributed by atoms with van der Waals surface area (Å²) in [4.78, 5) is 18.3. The second kappa shape index (κ2) is 10.2. The van der Waals surface area contributed by atoms with E-state index in [4.69, 9.17) is 0 Å². The van der Waals surface area contributed by atoms with Crippen LogP contribution in [0, 0.1) is 11.8 Å². The zero-order chi connectivity index (χ0) is 22.6. The number of hydrogen-bond donors (Lipinski definition) is 0. The number of rotatable bonds is 8. The zero-order valence-electron chi connectivity index (χ0n) is 19.9. The van der Waals surface area contributed by atoms with Crippen molar-refractivity contribution in [2.24, 2.45) is 11.8 Å². The van der Waals surface area contributed by atoms with Gasteiger partial charge in [-0.05, 0) is 41.8 Å². The largest absolute Gasteiger partial charge is 0.337 e. The molecular formula is C28H38N2OSi. The highest BCUT2D eigenvalue weighted by Crippen LogP contribution is 2.40. The molecule has 1 amide bonds. The van der Waals surface area contributed by atoms with Crippen LogP contribution in [0.3, 0.4) is 0 Å². The standard InChI is InChI=1S/C28H38N2OSi/c1-32(2,3)19-11-10-16-25-22-30(21-24-14-8-5-9-15-24)27-26(25)17-18-29(28(27)31)20-23-12-6-4-7-13-23/h4-15,25-27H,16-22H2,1-3H3/b11-10+/t25-,26-,27+/m1/s1. The van der Waals surface area contributed by atoms with Crippen molar-refractivity contribution < 1.29 is 4.79 Å². The monoisotopic (exact) mass is 446 g/mol. The molecule has 170 valence electrons. The molecule has 2 aliphatic heterocycles. The van der Waals surface area contributed by atoms with Crippen molar-refractivity contribution in [3.63, 3.8) is 0 Å². The van der Waals surface area contributed by atoms with Crippen LogP contribution in [0.15, 0.2) is 72.8 Å². The van der Waals surface area contributed by atoms with Crippen LogP contribution in [0.4, 0.5) is 0 Å². The van der Waals surface area contributed by atoms with Crippen molar-refractivity contribution in [3.05, 3.63) is 83.9 Å². The molecule has 4 heteroatoms. The fourth-order valence-corrected chi connectivity index (χ4v) is 6.19. The molecule has 0 radical (unpaired) electrons. The molecule has 2 fully saturated rings. The topological polar surface area (TPSA) is 23.6 Å². The molecule has 0 bridgehead atoms. The second-order valence-electron chi connectivity index (χ2n) is 10.8. The summed E-state index contributed by atoms with van der Waals surface area (Å²) in [5.74, 6) is 1.37. The molecule has 0 unspecified atom stereocenters. The lowest BCUT2D eigenvalue weighted by atomic mass is 9.82. The van der Waals surface area contributed by atoms with Crippen LogP contribution in [0.5, 0.6) is 0 Å². The van der Waals surface area contributed by atoms with Gasteiger partial charge in [0.05, 0.1) is 6.04 Å². The van der Waals surface area contributed by atoms with Gasteiger partial charge in [-0.3, -0.25) is 9.69 Å². The number of piperidine rings is 1. The number of fused-ring (bicyclic) bond motifs is 1. The van der Waals surface area contributed by atoms with E-state index in [1.165, 1.54) is 17.2 Å². The van der Waals surface area contributed by atoms with Crippen LogP contribution in [0.1, 0.15) is 24.0 Å². The van der Waals surface area contributed by atoms with Gasteiger partial charge in [-0.1, -0.05) is 92.5 Å². The fraction of sp³-hybridized carbons (Fsp3) is 0.464. The first-order valence-electron chi connectivity index (χ1n) is 12.2.